The molecule has 0 radical (unpaired) electrons. The first-order chi connectivity index (χ1) is 14.6. The summed E-state index contributed by atoms with van der Waals surface area (Å²) >= 11 is 0. The largest absolute Gasteiger partial charge is 0.460 e. The number of alkyl halides is 3. The van der Waals surface area contributed by atoms with E-state index < -0.39 is 29.6 Å². The summed E-state index contributed by atoms with van der Waals surface area (Å²) in [5.41, 5.74) is -0.192. The Morgan fingerprint density at radius 3 is 2.26 bits per heavy atom. The number of esters is 2. The summed E-state index contributed by atoms with van der Waals surface area (Å²) in [6.45, 7) is 2.86. The maximum Gasteiger partial charge on any atom is 0.416 e. The highest BCUT2D eigenvalue weighted by atomic mass is 19.4. The van der Waals surface area contributed by atoms with Crippen molar-refractivity contribution in [3.05, 3.63) is 57.9 Å². The van der Waals surface area contributed by atoms with Gasteiger partial charge in [-0.25, -0.2) is 9.59 Å². The number of nitrogens with one attached hydrogen (secondary N) is 1. The first kappa shape index (κ1) is 24.0. The van der Waals surface area contributed by atoms with E-state index >= 15 is 0 Å². The lowest BCUT2D eigenvalue weighted by Gasteiger charge is -2.30. The molecule has 0 spiro atoms. The Morgan fingerprint density at radius 1 is 1.10 bits per heavy atom. The fraction of sp³-hybridized carbons (Fsp3) is 0.364. The molecule has 31 heavy (non-hydrogen) atoms. The second kappa shape index (κ2) is 10.2. The summed E-state index contributed by atoms with van der Waals surface area (Å²) in [4.78, 5) is 25.6. The zero-order valence-corrected chi connectivity index (χ0v) is 17.3. The minimum absolute atomic E-state index is 0.00585. The molecule has 0 aliphatic carbocycles. The molecule has 166 valence electrons. The lowest BCUT2D eigenvalue weighted by Crippen LogP contribution is -2.33. The molecule has 1 aliphatic heterocycles. The second-order valence-electron chi connectivity index (χ2n) is 6.67. The number of dihydropyridines is 1. The number of terminal acetylenes is 1. The van der Waals surface area contributed by atoms with Crippen LogP contribution in [0.5, 0.6) is 0 Å². The van der Waals surface area contributed by atoms with Crippen molar-refractivity contribution in [3.63, 3.8) is 0 Å². The minimum atomic E-state index is -4.61. The van der Waals surface area contributed by atoms with Crippen LogP contribution in [0, 0.1) is 12.3 Å². The molecule has 2 rings (SSSR count). The molecule has 1 aromatic rings. The first-order valence-corrected chi connectivity index (χ1v) is 9.24. The Balaban J connectivity index is 2.61. The summed E-state index contributed by atoms with van der Waals surface area (Å²) in [6.07, 6.45) is 0.534. The van der Waals surface area contributed by atoms with Gasteiger partial charge in [0.25, 0.3) is 0 Å². The van der Waals surface area contributed by atoms with E-state index in [1.165, 1.54) is 19.2 Å². The SMILES string of the molecule is C#CCOC(=O)C1=C(C)NC(C)=C(C(=O)OCCOC)C1c1cccc(C(F)(F)F)c1. The van der Waals surface area contributed by atoms with Crippen LogP contribution in [0.25, 0.3) is 0 Å². The van der Waals surface area contributed by atoms with Gasteiger partial charge in [-0.1, -0.05) is 24.1 Å². The maximum atomic E-state index is 13.3. The summed E-state index contributed by atoms with van der Waals surface area (Å²) in [5, 5.41) is 2.91. The fourth-order valence-electron chi connectivity index (χ4n) is 3.24. The molecule has 0 saturated carbocycles. The van der Waals surface area contributed by atoms with Crippen molar-refractivity contribution in [1.82, 2.24) is 5.32 Å². The van der Waals surface area contributed by atoms with Crippen molar-refractivity contribution in [2.75, 3.05) is 26.9 Å². The highest BCUT2D eigenvalue weighted by Gasteiger charge is 2.39. The van der Waals surface area contributed by atoms with Gasteiger partial charge in [-0.2, -0.15) is 13.2 Å². The number of hydrogen-bond acceptors (Lipinski definition) is 6. The molecule has 0 amide bonds. The minimum Gasteiger partial charge on any atom is -0.460 e. The number of carbonyl (C=O) groups excluding carboxylic acids is 2. The number of rotatable bonds is 7. The number of methoxy groups -OCH3 is 1. The molecule has 1 atom stereocenters. The van der Waals surface area contributed by atoms with Crippen LogP contribution in [-0.2, 0) is 30.0 Å². The third-order valence-electron chi connectivity index (χ3n) is 4.55. The molecule has 0 aromatic heterocycles. The summed E-state index contributed by atoms with van der Waals surface area (Å²) in [5.74, 6) is -0.628. The summed E-state index contributed by atoms with van der Waals surface area (Å²) in [7, 11) is 1.43. The number of carbonyl (C=O) groups is 2. The Labute approximate surface area is 178 Å². The van der Waals surface area contributed by atoms with E-state index in [9.17, 15) is 22.8 Å². The molecule has 1 aliphatic rings. The number of allylic oxidation sites excluding steroid dienone is 2. The van der Waals surface area contributed by atoms with Gasteiger partial charge in [0, 0.05) is 18.5 Å². The van der Waals surface area contributed by atoms with Crippen molar-refractivity contribution in [3.8, 4) is 12.3 Å². The average Bonchev–Trinajstić information content (AvgIpc) is 2.71. The topological polar surface area (TPSA) is 73.9 Å². The van der Waals surface area contributed by atoms with E-state index in [1.807, 2.05) is 0 Å². The molecular formula is C22H22F3NO5. The Hall–Kier alpha value is -3.25. The number of benzene rings is 1. The van der Waals surface area contributed by atoms with Crippen molar-refractivity contribution in [2.24, 2.45) is 0 Å². The second-order valence-corrected chi connectivity index (χ2v) is 6.67. The van der Waals surface area contributed by atoms with Crippen molar-refractivity contribution in [1.29, 1.82) is 0 Å². The van der Waals surface area contributed by atoms with Gasteiger partial charge in [0.1, 0.15) is 6.61 Å². The van der Waals surface area contributed by atoms with Crippen molar-refractivity contribution in [2.45, 2.75) is 25.9 Å². The molecule has 0 saturated heterocycles. The summed E-state index contributed by atoms with van der Waals surface area (Å²) in [6, 6.07) is 4.42. The third kappa shape index (κ3) is 5.67. The van der Waals surface area contributed by atoms with E-state index in [4.69, 9.17) is 20.6 Å². The molecule has 1 aromatic carbocycles. The van der Waals surface area contributed by atoms with Gasteiger partial charge in [0.2, 0.25) is 0 Å². The third-order valence-corrected chi connectivity index (χ3v) is 4.55. The maximum absolute atomic E-state index is 13.3. The smallest absolute Gasteiger partial charge is 0.416 e. The van der Waals surface area contributed by atoms with Gasteiger partial charge >= 0.3 is 18.1 Å². The lowest BCUT2D eigenvalue weighted by atomic mass is 9.80. The van der Waals surface area contributed by atoms with Gasteiger partial charge in [0.15, 0.2) is 6.61 Å². The van der Waals surface area contributed by atoms with Crippen LogP contribution in [-0.4, -0.2) is 38.9 Å². The highest BCUT2D eigenvalue weighted by molar-refractivity contribution is 6.00. The molecular weight excluding hydrogens is 415 g/mol. The molecule has 0 fully saturated rings. The van der Waals surface area contributed by atoms with Crippen LogP contribution in [0.4, 0.5) is 13.2 Å². The van der Waals surface area contributed by atoms with Crippen LogP contribution in [0.2, 0.25) is 0 Å². The number of hydrogen-bond donors (Lipinski definition) is 1. The molecule has 1 unspecified atom stereocenters. The standard InChI is InChI=1S/C22H22F3NO5/c1-5-9-30-20(27)17-13(2)26-14(3)18(21(28)31-11-10-29-4)19(17)15-7-6-8-16(12-15)22(23,24)25/h1,6-8,12,19,26H,9-11H2,2-4H3. The van der Waals surface area contributed by atoms with E-state index in [-0.39, 0.29) is 36.5 Å². The van der Waals surface area contributed by atoms with E-state index in [0.29, 0.717) is 11.4 Å². The average molecular weight is 437 g/mol. The van der Waals surface area contributed by atoms with Crippen LogP contribution in [0.3, 0.4) is 0 Å². The predicted molar refractivity (Wildman–Crippen MR) is 105 cm³/mol. The monoisotopic (exact) mass is 437 g/mol. The van der Waals surface area contributed by atoms with E-state index in [1.54, 1.807) is 13.8 Å². The van der Waals surface area contributed by atoms with Gasteiger partial charge in [-0.05, 0) is 25.5 Å². The fourth-order valence-corrected chi connectivity index (χ4v) is 3.24. The zero-order valence-electron chi connectivity index (χ0n) is 17.3. The van der Waals surface area contributed by atoms with Crippen LogP contribution < -0.4 is 5.32 Å². The van der Waals surface area contributed by atoms with Crippen LogP contribution >= 0.6 is 0 Å². The highest BCUT2D eigenvalue weighted by Crippen LogP contribution is 2.41. The van der Waals surface area contributed by atoms with E-state index in [2.05, 4.69) is 11.2 Å². The Kier molecular flexibility index (Phi) is 7.89. The molecule has 1 N–H and O–H groups in total. The molecule has 9 heteroatoms. The number of halogens is 3. The van der Waals surface area contributed by atoms with Gasteiger partial charge in [0.05, 0.1) is 29.2 Å². The van der Waals surface area contributed by atoms with Gasteiger partial charge in [-0.15, -0.1) is 6.42 Å². The molecule has 0 bridgehead atoms. The first-order valence-electron chi connectivity index (χ1n) is 9.24. The van der Waals surface area contributed by atoms with Gasteiger partial charge < -0.3 is 19.5 Å². The molecule has 6 nitrogen and oxygen atoms in total. The Morgan fingerprint density at radius 2 is 1.71 bits per heavy atom. The van der Waals surface area contributed by atoms with Crippen molar-refractivity contribution < 1.29 is 37.0 Å². The predicted octanol–water partition coefficient (Wildman–Crippen LogP) is 3.31. The summed E-state index contributed by atoms with van der Waals surface area (Å²) < 4.78 is 55.0. The quantitative estimate of drug-likeness (QED) is 0.401. The van der Waals surface area contributed by atoms with Crippen molar-refractivity contribution >= 4 is 11.9 Å². The Bertz CT molecular complexity index is 957. The van der Waals surface area contributed by atoms with Crippen LogP contribution in [0.1, 0.15) is 30.9 Å². The lowest BCUT2D eigenvalue weighted by molar-refractivity contribution is -0.141. The van der Waals surface area contributed by atoms with Gasteiger partial charge in [-0.3, -0.25) is 0 Å². The van der Waals surface area contributed by atoms with E-state index in [0.717, 1.165) is 12.1 Å². The zero-order chi connectivity index (χ0) is 23.2. The molecule has 1 heterocycles. The normalized spacial score (nSPS) is 16.5. The number of ether oxygens (including phenoxy) is 3. The van der Waals surface area contributed by atoms with Crippen LogP contribution in [0.15, 0.2) is 46.8 Å².